The Morgan fingerprint density at radius 3 is 2.00 bits per heavy atom. The molecule has 142 valence electrons. The molecule has 0 N–H and O–H groups in total. The Labute approximate surface area is 165 Å². The van der Waals surface area contributed by atoms with Gasteiger partial charge in [0.15, 0.2) is 0 Å². The fraction of sp³-hybridized carbons (Fsp3) is 0. The summed E-state index contributed by atoms with van der Waals surface area (Å²) in [7, 11) is 0. The van der Waals surface area contributed by atoms with Gasteiger partial charge in [-0.2, -0.15) is 0 Å². The number of imide groups is 1. The zero-order valence-electron chi connectivity index (χ0n) is 15.0. The summed E-state index contributed by atoms with van der Waals surface area (Å²) in [5.41, 5.74) is 1.76. The maximum absolute atomic E-state index is 12.9. The Morgan fingerprint density at radius 1 is 0.828 bits per heavy atom. The number of carbonyl (C=O) groups excluding carboxylic acids is 3. The van der Waals surface area contributed by atoms with E-state index in [-0.39, 0.29) is 11.6 Å². The van der Waals surface area contributed by atoms with Gasteiger partial charge in [-0.25, -0.2) is 14.1 Å². The number of amides is 2. The summed E-state index contributed by atoms with van der Waals surface area (Å²) in [5.74, 6) is -1.49. The summed E-state index contributed by atoms with van der Waals surface area (Å²) in [4.78, 5) is 38.0. The van der Waals surface area contributed by atoms with Gasteiger partial charge in [0.05, 0.1) is 16.8 Å². The molecule has 0 atom stereocenters. The molecule has 0 bridgehead atoms. The Hall–Kier alpha value is -4.06. The van der Waals surface area contributed by atoms with E-state index in [0.717, 1.165) is 4.90 Å². The summed E-state index contributed by atoms with van der Waals surface area (Å²) in [6.45, 7) is 0. The van der Waals surface area contributed by atoms with Crippen molar-refractivity contribution in [3.63, 3.8) is 0 Å². The minimum atomic E-state index is -0.609. The Balaban J connectivity index is 1.45. The maximum Gasteiger partial charge on any atom is 0.336 e. The molecule has 0 aliphatic carbocycles. The van der Waals surface area contributed by atoms with Crippen LogP contribution in [0.1, 0.15) is 26.3 Å². The molecule has 29 heavy (non-hydrogen) atoms. The summed E-state index contributed by atoms with van der Waals surface area (Å²) in [6, 6.07) is 18.4. The van der Waals surface area contributed by atoms with Crippen LogP contribution in [0.2, 0.25) is 0 Å². The fourth-order valence-corrected chi connectivity index (χ4v) is 2.98. The van der Waals surface area contributed by atoms with Gasteiger partial charge in [-0.05, 0) is 60.2 Å². The normalized spacial score (nSPS) is 13.1. The molecule has 0 saturated carbocycles. The number of rotatable bonds is 4. The first kappa shape index (κ1) is 18.3. The van der Waals surface area contributed by atoms with Gasteiger partial charge >= 0.3 is 5.97 Å². The van der Waals surface area contributed by atoms with Crippen LogP contribution in [0.4, 0.5) is 10.1 Å². The molecule has 6 heteroatoms. The topological polar surface area (TPSA) is 63.7 Å². The number of benzene rings is 3. The van der Waals surface area contributed by atoms with Gasteiger partial charge in [-0.3, -0.25) is 9.59 Å². The van der Waals surface area contributed by atoms with Crippen molar-refractivity contribution in [3.8, 4) is 5.75 Å². The van der Waals surface area contributed by atoms with E-state index in [4.69, 9.17) is 4.74 Å². The Kier molecular flexibility index (Phi) is 4.75. The number of carbonyl (C=O) groups is 3. The van der Waals surface area contributed by atoms with Gasteiger partial charge < -0.3 is 4.74 Å². The monoisotopic (exact) mass is 387 g/mol. The zero-order chi connectivity index (χ0) is 20.4. The molecule has 0 aromatic heterocycles. The van der Waals surface area contributed by atoms with Crippen molar-refractivity contribution >= 4 is 29.5 Å². The van der Waals surface area contributed by atoms with Crippen LogP contribution in [0.5, 0.6) is 5.75 Å². The predicted octanol–water partition coefficient (Wildman–Crippen LogP) is 4.25. The zero-order valence-corrected chi connectivity index (χ0v) is 15.0. The highest BCUT2D eigenvalue weighted by molar-refractivity contribution is 6.34. The van der Waals surface area contributed by atoms with Crippen LogP contribution in [-0.2, 0) is 4.79 Å². The van der Waals surface area contributed by atoms with E-state index in [9.17, 15) is 18.8 Å². The molecule has 3 aromatic carbocycles. The van der Waals surface area contributed by atoms with Gasteiger partial charge in [0.2, 0.25) is 0 Å². The van der Waals surface area contributed by atoms with Crippen molar-refractivity contribution < 1.29 is 23.5 Å². The molecule has 3 aromatic rings. The molecular formula is C23H14FNO4. The number of ether oxygens (including phenoxy) is 1. The van der Waals surface area contributed by atoms with Gasteiger partial charge in [-0.15, -0.1) is 0 Å². The van der Waals surface area contributed by atoms with Crippen LogP contribution < -0.4 is 9.64 Å². The number of hydrogen-bond donors (Lipinski definition) is 0. The summed E-state index contributed by atoms with van der Waals surface area (Å²) in [5, 5.41) is 0. The lowest BCUT2D eigenvalue weighted by molar-refractivity contribution is -0.128. The van der Waals surface area contributed by atoms with E-state index in [0.29, 0.717) is 22.4 Å². The maximum atomic E-state index is 12.9. The van der Waals surface area contributed by atoms with E-state index in [1.807, 2.05) is 0 Å². The minimum absolute atomic E-state index is 0.263. The van der Waals surface area contributed by atoms with E-state index >= 15 is 0 Å². The SMILES string of the molecule is O=C(/C=C/c1ccc(F)cc1)Oc1ccc(N2C(=O)c3ccccc3C2=O)cc1. The molecule has 5 nitrogen and oxygen atoms in total. The fourth-order valence-electron chi connectivity index (χ4n) is 2.98. The molecule has 0 saturated heterocycles. The minimum Gasteiger partial charge on any atom is -0.423 e. The van der Waals surface area contributed by atoms with Crippen LogP contribution in [0.25, 0.3) is 6.08 Å². The number of nitrogens with zero attached hydrogens (tertiary/aromatic N) is 1. The standard InChI is InChI=1S/C23H14FNO4/c24-16-8-5-15(6-9-16)7-14-21(26)29-18-12-10-17(11-13-18)25-22(27)19-3-1-2-4-20(19)23(25)28/h1-14H/b14-7+. The van der Waals surface area contributed by atoms with Crippen molar-refractivity contribution in [3.05, 3.63) is 101 Å². The molecule has 0 radical (unpaired) electrons. The van der Waals surface area contributed by atoms with Crippen LogP contribution in [0.15, 0.2) is 78.9 Å². The lowest BCUT2D eigenvalue weighted by atomic mass is 10.1. The largest absolute Gasteiger partial charge is 0.423 e. The summed E-state index contributed by atoms with van der Waals surface area (Å²) >= 11 is 0. The summed E-state index contributed by atoms with van der Waals surface area (Å²) in [6.07, 6.45) is 2.74. The van der Waals surface area contributed by atoms with Crippen LogP contribution >= 0.6 is 0 Å². The highest BCUT2D eigenvalue weighted by atomic mass is 19.1. The Morgan fingerprint density at radius 2 is 1.41 bits per heavy atom. The number of anilines is 1. The molecule has 0 spiro atoms. The lowest BCUT2D eigenvalue weighted by Crippen LogP contribution is -2.29. The molecule has 0 fully saturated rings. The molecule has 0 unspecified atom stereocenters. The number of fused-ring (bicyclic) bond motifs is 1. The van der Waals surface area contributed by atoms with E-state index in [2.05, 4.69) is 0 Å². The average molecular weight is 387 g/mol. The number of hydrogen-bond acceptors (Lipinski definition) is 4. The van der Waals surface area contributed by atoms with Crippen molar-refractivity contribution in [2.45, 2.75) is 0 Å². The third-order valence-electron chi connectivity index (χ3n) is 4.39. The first-order valence-corrected chi connectivity index (χ1v) is 8.76. The van der Waals surface area contributed by atoms with Gasteiger partial charge in [0, 0.05) is 6.08 Å². The summed E-state index contributed by atoms with van der Waals surface area (Å²) < 4.78 is 18.1. The van der Waals surface area contributed by atoms with Crippen molar-refractivity contribution in [2.75, 3.05) is 4.90 Å². The number of halogens is 1. The van der Waals surface area contributed by atoms with E-state index in [1.165, 1.54) is 60.7 Å². The third-order valence-corrected chi connectivity index (χ3v) is 4.39. The van der Waals surface area contributed by atoms with Crippen LogP contribution in [0.3, 0.4) is 0 Å². The van der Waals surface area contributed by atoms with Crippen molar-refractivity contribution in [1.82, 2.24) is 0 Å². The lowest BCUT2D eigenvalue weighted by Gasteiger charge is -2.14. The van der Waals surface area contributed by atoms with E-state index < -0.39 is 17.8 Å². The van der Waals surface area contributed by atoms with Crippen LogP contribution in [-0.4, -0.2) is 17.8 Å². The molecule has 1 aliphatic rings. The smallest absolute Gasteiger partial charge is 0.336 e. The van der Waals surface area contributed by atoms with Gasteiger partial charge in [0.25, 0.3) is 11.8 Å². The highest BCUT2D eigenvalue weighted by Crippen LogP contribution is 2.29. The Bertz CT molecular complexity index is 1100. The first-order chi connectivity index (χ1) is 14.0. The second kappa shape index (κ2) is 7.52. The second-order valence-corrected chi connectivity index (χ2v) is 6.29. The quantitative estimate of drug-likeness (QED) is 0.291. The number of esters is 1. The first-order valence-electron chi connectivity index (χ1n) is 8.76. The predicted molar refractivity (Wildman–Crippen MR) is 105 cm³/mol. The van der Waals surface area contributed by atoms with Crippen LogP contribution in [0, 0.1) is 5.82 Å². The second-order valence-electron chi connectivity index (χ2n) is 6.29. The molecular weight excluding hydrogens is 373 g/mol. The van der Waals surface area contributed by atoms with Crippen molar-refractivity contribution in [1.29, 1.82) is 0 Å². The highest BCUT2D eigenvalue weighted by Gasteiger charge is 2.36. The van der Waals surface area contributed by atoms with Gasteiger partial charge in [0.1, 0.15) is 11.6 Å². The van der Waals surface area contributed by atoms with E-state index in [1.54, 1.807) is 24.3 Å². The third kappa shape index (κ3) is 3.68. The van der Waals surface area contributed by atoms with Crippen molar-refractivity contribution in [2.24, 2.45) is 0 Å². The average Bonchev–Trinajstić information content (AvgIpc) is 2.99. The van der Waals surface area contributed by atoms with Gasteiger partial charge in [-0.1, -0.05) is 24.3 Å². The molecule has 1 heterocycles. The molecule has 4 rings (SSSR count). The molecule has 1 aliphatic heterocycles. The molecule has 2 amide bonds.